The molecule has 4 N–H and O–H groups in total. The van der Waals surface area contributed by atoms with Gasteiger partial charge in [-0.1, -0.05) is 67.6 Å². The molecule has 2 aromatic rings. The Kier molecular flexibility index (Phi) is 12.7. The number of amides is 7. The molecule has 0 spiro atoms. The van der Waals surface area contributed by atoms with E-state index in [0.717, 1.165) is 11.1 Å². The second-order valence-corrected chi connectivity index (χ2v) is 15.1. The number of rotatable bonds is 7. The van der Waals surface area contributed by atoms with Gasteiger partial charge in [0.05, 0.1) is 0 Å². The summed E-state index contributed by atoms with van der Waals surface area (Å²) in [4.78, 5) is 101. The van der Waals surface area contributed by atoms with Crippen molar-refractivity contribution < 1.29 is 38.3 Å². The van der Waals surface area contributed by atoms with Crippen LogP contribution in [0.3, 0.4) is 0 Å². The number of nitrogens with one attached hydrogen (secondary N) is 4. The van der Waals surface area contributed by atoms with Crippen molar-refractivity contribution in [3.63, 3.8) is 0 Å². The number of esters is 1. The number of ether oxygens (including phenoxy) is 1. The van der Waals surface area contributed by atoms with Crippen molar-refractivity contribution in [2.75, 3.05) is 26.2 Å². The van der Waals surface area contributed by atoms with E-state index in [1.165, 1.54) is 14.7 Å². The molecular formula is C40H51N7O8. The van der Waals surface area contributed by atoms with Crippen LogP contribution in [0.15, 0.2) is 60.7 Å². The fourth-order valence-corrected chi connectivity index (χ4v) is 8.03. The highest BCUT2D eigenvalue weighted by molar-refractivity contribution is 5.97. The third-order valence-corrected chi connectivity index (χ3v) is 10.9. The lowest BCUT2D eigenvalue weighted by Crippen LogP contribution is -2.62. The molecule has 4 aliphatic rings. The van der Waals surface area contributed by atoms with Crippen LogP contribution < -0.4 is 21.3 Å². The van der Waals surface area contributed by atoms with Gasteiger partial charge in [-0.2, -0.15) is 0 Å². The SMILES string of the molecule is C[C@H]1C[C@H]2C(=O)OC[C@H](NC(=O)[C@H](Cc3ccccc3)NC(=O)NCc3ccccc3)C(=O)N3CCC[C@H]3C(=O)N3CCCC[C@H]3C(=O)N[C@@H](C)C(=O)N2C1. The average Bonchev–Trinajstić information content (AvgIpc) is 3.85. The lowest BCUT2D eigenvalue weighted by molar-refractivity contribution is -0.158. The van der Waals surface area contributed by atoms with Crippen LogP contribution in [0.5, 0.6) is 0 Å². The topological polar surface area (TPSA) is 187 Å². The zero-order chi connectivity index (χ0) is 39.1. The summed E-state index contributed by atoms with van der Waals surface area (Å²) in [5.74, 6) is -3.42. The molecule has 4 fully saturated rings. The predicted molar refractivity (Wildman–Crippen MR) is 200 cm³/mol. The molecule has 0 saturated carbocycles. The Hall–Kier alpha value is -5.47. The molecule has 0 bridgehead atoms. The monoisotopic (exact) mass is 757 g/mol. The van der Waals surface area contributed by atoms with Gasteiger partial charge in [-0.15, -0.1) is 0 Å². The highest BCUT2D eigenvalue weighted by atomic mass is 16.5. The Balaban J connectivity index is 1.28. The second-order valence-electron chi connectivity index (χ2n) is 15.1. The molecule has 0 aromatic heterocycles. The zero-order valence-electron chi connectivity index (χ0n) is 31.4. The Bertz CT molecular complexity index is 1740. The minimum Gasteiger partial charge on any atom is -0.461 e. The normalized spacial score (nSPS) is 26.9. The zero-order valence-corrected chi connectivity index (χ0v) is 31.4. The van der Waals surface area contributed by atoms with Crippen molar-refractivity contribution >= 4 is 41.5 Å². The largest absolute Gasteiger partial charge is 0.461 e. The molecule has 7 atom stereocenters. The summed E-state index contributed by atoms with van der Waals surface area (Å²) in [7, 11) is 0. The van der Waals surface area contributed by atoms with Gasteiger partial charge in [0.25, 0.3) is 0 Å². The fraction of sp³-hybridized carbons (Fsp3) is 0.525. The quantitative estimate of drug-likeness (QED) is 0.304. The molecule has 0 radical (unpaired) electrons. The minimum atomic E-state index is -1.42. The predicted octanol–water partition coefficient (Wildman–Crippen LogP) is 1.25. The lowest BCUT2D eigenvalue weighted by atomic mass is 9.99. The Morgan fingerprint density at radius 3 is 2.16 bits per heavy atom. The minimum absolute atomic E-state index is 0.0433. The van der Waals surface area contributed by atoms with Crippen molar-refractivity contribution in [3.05, 3.63) is 71.8 Å². The van der Waals surface area contributed by atoms with Gasteiger partial charge in [0.2, 0.25) is 29.5 Å². The number of hydrogen-bond acceptors (Lipinski definition) is 8. The number of hydrogen-bond donors (Lipinski definition) is 4. The Morgan fingerprint density at radius 2 is 1.44 bits per heavy atom. The van der Waals surface area contributed by atoms with Crippen LogP contribution in [0.2, 0.25) is 0 Å². The molecule has 6 rings (SSSR count). The van der Waals surface area contributed by atoms with Gasteiger partial charge in [0.1, 0.15) is 42.9 Å². The Labute approximate surface area is 320 Å². The first-order valence-electron chi connectivity index (χ1n) is 19.3. The maximum atomic E-state index is 14.5. The van der Waals surface area contributed by atoms with Crippen molar-refractivity contribution in [2.24, 2.45) is 5.92 Å². The number of benzene rings is 2. The number of piperidine rings is 1. The first kappa shape index (κ1) is 39.2. The molecule has 7 amide bonds. The molecular weight excluding hydrogens is 706 g/mol. The van der Waals surface area contributed by atoms with Gasteiger partial charge in [-0.05, 0) is 62.5 Å². The standard InChI is InChI=1S/C40H51N7O8/c1-25-20-33-39(53)55-24-30(43-34(48)29(21-27-12-5-3-6-13-27)44-40(54)41-22-28-14-7-4-8-15-28)37(51)46-19-11-17-32(46)38(52)45-18-10-9-16-31(45)35(49)42-26(2)36(50)47(33)23-25/h3-8,12-15,25-26,29-33H,9-11,16-24H2,1-2H3,(H,42,49)(H,43,48)(H2,41,44,54)/t25-,26-,29-,30-,31-,32-,33-/m0/s1. The maximum absolute atomic E-state index is 14.5. The van der Waals surface area contributed by atoms with Crippen LogP contribution in [0.25, 0.3) is 0 Å². The fourth-order valence-electron chi connectivity index (χ4n) is 8.03. The summed E-state index contributed by atoms with van der Waals surface area (Å²) in [6.45, 7) is 3.92. The molecule has 4 aliphatic heterocycles. The number of cyclic esters (lactones) is 1. The van der Waals surface area contributed by atoms with Crippen LogP contribution in [0, 0.1) is 5.92 Å². The number of nitrogens with zero attached hydrogens (tertiary/aromatic N) is 3. The summed E-state index contributed by atoms with van der Waals surface area (Å²) in [6, 6.07) is 11.5. The second kappa shape index (κ2) is 17.8. The van der Waals surface area contributed by atoms with Crippen molar-refractivity contribution in [2.45, 2.75) is 102 Å². The molecule has 15 nitrogen and oxygen atoms in total. The number of urea groups is 1. The van der Waals surface area contributed by atoms with Crippen LogP contribution in [0.4, 0.5) is 4.79 Å². The van der Waals surface area contributed by atoms with Crippen LogP contribution in [-0.2, 0) is 46.5 Å². The van der Waals surface area contributed by atoms with Crippen LogP contribution in [0.1, 0.15) is 63.5 Å². The van der Waals surface area contributed by atoms with E-state index in [1.54, 1.807) is 6.92 Å². The lowest BCUT2D eigenvalue weighted by Gasteiger charge is -2.39. The first-order chi connectivity index (χ1) is 26.5. The number of fused-ring (bicyclic) bond motifs is 3. The molecule has 15 heteroatoms. The van der Waals surface area contributed by atoms with Crippen LogP contribution in [-0.4, -0.2) is 119 Å². The summed E-state index contributed by atoms with van der Waals surface area (Å²) in [6.07, 6.45) is 3.06. The van der Waals surface area contributed by atoms with Gasteiger partial charge in [-0.25, -0.2) is 9.59 Å². The van der Waals surface area contributed by atoms with Gasteiger partial charge >= 0.3 is 12.0 Å². The van der Waals surface area contributed by atoms with E-state index in [9.17, 15) is 33.6 Å². The average molecular weight is 758 g/mol. The van der Waals surface area contributed by atoms with Crippen molar-refractivity contribution in [3.8, 4) is 0 Å². The van der Waals surface area contributed by atoms with E-state index in [4.69, 9.17) is 4.74 Å². The van der Waals surface area contributed by atoms with Crippen molar-refractivity contribution in [1.29, 1.82) is 0 Å². The molecule has 0 aliphatic carbocycles. The summed E-state index contributed by atoms with van der Waals surface area (Å²) < 4.78 is 5.74. The molecule has 2 aromatic carbocycles. The summed E-state index contributed by atoms with van der Waals surface area (Å²) >= 11 is 0. The first-order valence-corrected chi connectivity index (χ1v) is 19.3. The number of carbonyl (C=O) groups excluding carboxylic acids is 7. The molecule has 4 saturated heterocycles. The third kappa shape index (κ3) is 9.43. The smallest absolute Gasteiger partial charge is 0.328 e. The molecule has 0 unspecified atom stereocenters. The van der Waals surface area contributed by atoms with E-state index < -0.39 is 78.5 Å². The van der Waals surface area contributed by atoms with Crippen LogP contribution >= 0.6 is 0 Å². The summed E-state index contributed by atoms with van der Waals surface area (Å²) in [5, 5.41) is 11.0. The van der Waals surface area contributed by atoms with E-state index in [2.05, 4.69) is 21.3 Å². The molecule has 294 valence electrons. The van der Waals surface area contributed by atoms with E-state index >= 15 is 0 Å². The third-order valence-electron chi connectivity index (χ3n) is 10.9. The Morgan fingerprint density at radius 1 is 0.782 bits per heavy atom. The van der Waals surface area contributed by atoms with Gasteiger partial charge in [0.15, 0.2) is 0 Å². The van der Waals surface area contributed by atoms with Gasteiger partial charge < -0.3 is 40.7 Å². The summed E-state index contributed by atoms with van der Waals surface area (Å²) in [5.41, 5.74) is 1.61. The molecule has 55 heavy (non-hydrogen) atoms. The highest BCUT2D eigenvalue weighted by Gasteiger charge is 2.46. The van der Waals surface area contributed by atoms with E-state index in [0.29, 0.717) is 45.1 Å². The van der Waals surface area contributed by atoms with Gasteiger partial charge in [0, 0.05) is 32.6 Å². The van der Waals surface area contributed by atoms with Crippen molar-refractivity contribution in [1.82, 2.24) is 36.0 Å². The van der Waals surface area contributed by atoms with Gasteiger partial charge in [-0.3, -0.25) is 24.0 Å². The highest BCUT2D eigenvalue weighted by Crippen LogP contribution is 2.28. The maximum Gasteiger partial charge on any atom is 0.328 e. The van der Waals surface area contributed by atoms with E-state index in [-0.39, 0.29) is 37.9 Å². The van der Waals surface area contributed by atoms with E-state index in [1.807, 2.05) is 67.6 Å². The molecule has 4 heterocycles. The number of carbonyl (C=O) groups is 7.